The Morgan fingerprint density at radius 2 is 1.24 bits per heavy atom. The summed E-state index contributed by atoms with van der Waals surface area (Å²) in [4.78, 5) is 26.0. The van der Waals surface area contributed by atoms with Gasteiger partial charge in [0.25, 0.3) is 0 Å². The van der Waals surface area contributed by atoms with E-state index in [2.05, 4.69) is 6.08 Å². The molecule has 8 aliphatic rings. The van der Waals surface area contributed by atoms with Crippen LogP contribution in [-0.4, -0.2) is 165 Å². The van der Waals surface area contributed by atoms with Gasteiger partial charge in [0, 0.05) is 64.4 Å². The number of methoxy groups -OCH3 is 3. The van der Waals surface area contributed by atoms with Crippen molar-refractivity contribution >= 4 is 11.8 Å². The predicted octanol–water partition coefficient (Wildman–Crippen LogP) is 4.82. The number of allylic oxidation sites excluding steroid dienone is 2. The number of rotatable bonds is 14. The maximum absolute atomic E-state index is 13.1. The summed E-state index contributed by atoms with van der Waals surface area (Å²) in [5.41, 5.74) is 0.787. The van der Waals surface area contributed by atoms with Crippen molar-refractivity contribution in [2.24, 2.45) is 29.6 Å². The Balaban J connectivity index is 0.830. The van der Waals surface area contributed by atoms with E-state index in [-0.39, 0.29) is 60.2 Å². The maximum atomic E-state index is 13.1. The molecule has 386 valence electrons. The zero-order valence-corrected chi connectivity index (χ0v) is 41.8. The first-order valence-electron chi connectivity index (χ1n) is 25.4. The Bertz CT molecular complexity index is 1780. The van der Waals surface area contributed by atoms with E-state index in [0.29, 0.717) is 44.1 Å². The molecule has 17 heteroatoms. The number of carbonyl (C=O) groups excluding carboxylic acids is 2. The van der Waals surface area contributed by atoms with Gasteiger partial charge in [-0.05, 0) is 111 Å². The van der Waals surface area contributed by atoms with Crippen molar-refractivity contribution < 1.29 is 81.8 Å². The van der Waals surface area contributed by atoms with E-state index in [1.54, 1.807) is 48.2 Å². The van der Waals surface area contributed by atoms with Crippen molar-refractivity contribution in [3.63, 3.8) is 0 Å². The summed E-state index contributed by atoms with van der Waals surface area (Å²) >= 11 is 0. The number of aliphatic hydroxyl groups is 3. The first kappa shape index (κ1) is 52.4. The van der Waals surface area contributed by atoms with Gasteiger partial charge in [0.15, 0.2) is 25.2 Å². The monoisotopic (exact) mass is 965 g/mol. The van der Waals surface area contributed by atoms with Gasteiger partial charge < -0.3 is 72.2 Å². The molecule has 4 aliphatic carbocycles. The molecule has 3 N–H and O–H groups in total. The molecule has 4 aliphatic heterocycles. The van der Waals surface area contributed by atoms with E-state index in [9.17, 15) is 24.9 Å². The van der Waals surface area contributed by atoms with Gasteiger partial charge in [-0.2, -0.15) is 0 Å². The standard InChI is InChI=1S/C51H80O17/c1-11-24(2)50(55)65-37-19-34-33-14-13-31(18-30(33)12-15-35(34)51(56)17-16-32(25(3)52)45(37)51)64-42-22-39(58-9)49(28(6)62-42)68-44-23-40(59-10)48(29(7)63-44)67-41-20-36(53)47(27(5)61-41)66-43-21-38(57-8)46(54)26(4)60-43/h11-12,26-29,31-49,53-54,56H,13-23H2,1-10H3. The first-order valence-corrected chi connectivity index (χ1v) is 25.4. The molecule has 0 spiro atoms. The first-order chi connectivity index (χ1) is 32.5. The third kappa shape index (κ3) is 10.7. The van der Waals surface area contributed by atoms with Gasteiger partial charge in [0.2, 0.25) is 0 Å². The van der Waals surface area contributed by atoms with Crippen LogP contribution in [0.5, 0.6) is 0 Å². The molecular formula is C51H80O17. The molecule has 4 heterocycles. The zero-order chi connectivity index (χ0) is 48.8. The lowest BCUT2D eigenvalue weighted by Gasteiger charge is -2.55. The molecule has 3 saturated carbocycles. The number of carbonyl (C=O) groups is 2. The number of aliphatic hydroxyl groups excluding tert-OH is 2. The second-order valence-electron chi connectivity index (χ2n) is 21.1. The molecule has 0 aromatic heterocycles. The summed E-state index contributed by atoms with van der Waals surface area (Å²) in [6.07, 6.45) is 0.826. The van der Waals surface area contributed by atoms with Crippen molar-refractivity contribution in [1.82, 2.24) is 0 Å². The van der Waals surface area contributed by atoms with Gasteiger partial charge in [0.1, 0.15) is 36.3 Å². The Hall–Kier alpha value is -1.94. The third-order valence-corrected chi connectivity index (χ3v) is 17.1. The molecule has 17 nitrogen and oxygen atoms in total. The number of Topliss-reactive ketones (excluding diaryl/α,β-unsaturated/α-hetero) is 1. The number of ether oxygens (including phenoxy) is 12. The lowest BCUT2D eigenvalue weighted by atomic mass is 9.53. The highest BCUT2D eigenvalue weighted by Gasteiger charge is 2.64. The molecular weight excluding hydrogens is 885 g/mol. The lowest BCUT2D eigenvalue weighted by molar-refractivity contribution is -0.346. The van der Waals surface area contributed by atoms with Gasteiger partial charge in [-0.15, -0.1) is 0 Å². The average molecular weight is 965 g/mol. The second kappa shape index (κ2) is 22.0. The van der Waals surface area contributed by atoms with Gasteiger partial charge in [-0.25, -0.2) is 4.79 Å². The molecule has 7 fully saturated rings. The molecule has 4 saturated heterocycles. The van der Waals surface area contributed by atoms with E-state index in [4.69, 9.17) is 56.8 Å². The molecule has 0 aromatic rings. The average Bonchev–Trinajstić information content (AvgIpc) is 3.68. The van der Waals surface area contributed by atoms with Crippen LogP contribution in [0.15, 0.2) is 23.3 Å². The fourth-order valence-corrected chi connectivity index (χ4v) is 13.4. The molecule has 0 bridgehead atoms. The molecule has 68 heavy (non-hydrogen) atoms. The topological polar surface area (TPSA) is 206 Å². The van der Waals surface area contributed by atoms with E-state index < -0.39 is 104 Å². The van der Waals surface area contributed by atoms with Crippen LogP contribution in [0.25, 0.3) is 0 Å². The predicted molar refractivity (Wildman–Crippen MR) is 242 cm³/mol. The summed E-state index contributed by atoms with van der Waals surface area (Å²) in [6, 6.07) is 0. The molecule has 0 aromatic carbocycles. The fraction of sp³-hybridized carbons (Fsp3) is 0.882. The van der Waals surface area contributed by atoms with Crippen molar-refractivity contribution in [3.8, 4) is 0 Å². The highest BCUT2D eigenvalue weighted by atomic mass is 16.8. The van der Waals surface area contributed by atoms with Crippen LogP contribution in [0, 0.1) is 29.6 Å². The molecule has 8 rings (SSSR count). The maximum Gasteiger partial charge on any atom is 0.333 e. The third-order valence-electron chi connectivity index (χ3n) is 17.1. The zero-order valence-electron chi connectivity index (χ0n) is 41.8. The van der Waals surface area contributed by atoms with Crippen LogP contribution < -0.4 is 0 Å². The van der Waals surface area contributed by atoms with E-state index in [1.165, 1.54) is 5.57 Å². The molecule has 24 unspecified atom stereocenters. The Kier molecular flexibility index (Phi) is 17.0. The molecule has 0 radical (unpaired) electrons. The highest BCUT2D eigenvalue weighted by molar-refractivity contribution is 5.88. The SMILES string of the molecule is CC=C(C)C(=O)OC1CC2C3CCC(OC4CC(OC)C(OC5CC(OC)C(OC6CC(O)C(OC7CC(OC)C(O)C(C)O7)C(C)O6)C(C)O5)C(C)O4)CC3=CCC2C2(O)CCC(C(C)=O)C12. The molecule has 24 atom stereocenters. The van der Waals surface area contributed by atoms with E-state index in [1.807, 2.05) is 27.7 Å². The minimum atomic E-state index is -1.06. The van der Waals surface area contributed by atoms with E-state index in [0.717, 1.165) is 25.7 Å². The van der Waals surface area contributed by atoms with Crippen LogP contribution >= 0.6 is 0 Å². The van der Waals surface area contributed by atoms with Gasteiger partial charge in [-0.3, -0.25) is 4.79 Å². The summed E-state index contributed by atoms with van der Waals surface area (Å²) in [5, 5.41) is 34.1. The Morgan fingerprint density at radius 1 is 0.691 bits per heavy atom. The van der Waals surface area contributed by atoms with Gasteiger partial charge in [-0.1, -0.05) is 17.7 Å². The van der Waals surface area contributed by atoms with Crippen molar-refractivity contribution in [3.05, 3.63) is 23.3 Å². The summed E-state index contributed by atoms with van der Waals surface area (Å²) in [5.74, 6) is -0.669. The largest absolute Gasteiger partial charge is 0.459 e. The summed E-state index contributed by atoms with van der Waals surface area (Å²) in [6.45, 7) is 12.6. The quantitative estimate of drug-likeness (QED) is 0.121. The number of hydrogen-bond donors (Lipinski definition) is 3. The van der Waals surface area contributed by atoms with Crippen molar-refractivity contribution in [2.75, 3.05) is 21.3 Å². The van der Waals surface area contributed by atoms with Crippen molar-refractivity contribution in [2.45, 2.75) is 235 Å². The molecule has 0 amide bonds. The fourth-order valence-electron chi connectivity index (χ4n) is 13.4. The van der Waals surface area contributed by atoms with Crippen molar-refractivity contribution in [1.29, 1.82) is 0 Å². The minimum absolute atomic E-state index is 0.00369. The number of ketones is 1. The Morgan fingerprint density at radius 3 is 1.81 bits per heavy atom. The normalized spacial score (nSPS) is 48.7. The van der Waals surface area contributed by atoms with E-state index >= 15 is 0 Å². The smallest absolute Gasteiger partial charge is 0.333 e. The van der Waals surface area contributed by atoms with Gasteiger partial charge in [0.05, 0.1) is 60.5 Å². The summed E-state index contributed by atoms with van der Waals surface area (Å²) in [7, 11) is 4.84. The minimum Gasteiger partial charge on any atom is -0.459 e. The number of hydrogen-bond acceptors (Lipinski definition) is 17. The van der Waals surface area contributed by atoms with Crippen LogP contribution in [0.1, 0.15) is 119 Å². The second-order valence-corrected chi connectivity index (χ2v) is 21.1. The van der Waals surface area contributed by atoms with Crippen LogP contribution in [-0.2, 0) is 66.4 Å². The van der Waals surface area contributed by atoms with Crippen LogP contribution in [0.3, 0.4) is 0 Å². The lowest BCUT2D eigenvalue weighted by Crippen LogP contribution is -2.59. The highest BCUT2D eigenvalue weighted by Crippen LogP contribution is 2.60. The van der Waals surface area contributed by atoms with Crippen LogP contribution in [0.2, 0.25) is 0 Å². The summed E-state index contributed by atoms with van der Waals surface area (Å²) < 4.78 is 74.7. The Labute approximate surface area is 402 Å². The number of fused-ring (bicyclic) bond motifs is 5. The van der Waals surface area contributed by atoms with Gasteiger partial charge >= 0.3 is 5.97 Å². The van der Waals surface area contributed by atoms with Crippen LogP contribution in [0.4, 0.5) is 0 Å². The number of esters is 1.